The second-order valence-electron chi connectivity index (χ2n) is 4.45. The summed E-state index contributed by atoms with van der Waals surface area (Å²) < 4.78 is 6.64. The largest absolute Gasteiger partial charge is 0.495 e. The summed E-state index contributed by atoms with van der Waals surface area (Å²) in [5, 5.41) is 14.3. The Morgan fingerprint density at radius 3 is 2.85 bits per heavy atom. The van der Waals surface area contributed by atoms with Crippen molar-refractivity contribution in [2.75, 3.05) is 7.11 Å². The molecule has 0 saturated carbocycles. The Kier molecular flexibility index (Phi) is 2.71. The second-order valence-corrected chi connectivity index (χ2v) is 4.45. The Morgan fingerprint density at radius 2 is 2.20 bits per heavy atom. The monoisotopic (exact) mass is 271 g/mol. The number of H-pyrrole nitrogens is 1. The van der Waals surface area contributed by atoms with Crippen molar-refractivity contribution in [2.24, 2.45) is 7.05 Å². The highest BCUT2D eigenvalue weighted by Gasteiger charge is 2.15. The number of ether oxygens (including phenoxy) is 1. The van der Waals surface area contributed by atoms with E-state index in [9.17, 15) is 4.79 Å². The molecular weight excluding hydrogens is 258 g/mol. The first-order chi connectivity index (χ1) is 9.60. The number of fused-ring (bicyclic) bond motifs is 1. The van der Waals surface area contributed by atoms with Crippen LogP contribution >= 0.6 is 0 Å². The van der Waals surface area contributed by atoms with Gasteiger partial charge in [-0.2, -0.15) is 5.10 Å². The van der Waals surface area contributed by atoms with Gasteiger partial charge in [0, 0.05) is 18.5 Å². The maximum Gasteiger partial charge on any atom is 0.354 e. The van der Waals surface area contributed by atoms with Crippen molar-refractivity contribution >= 4 is 16.9 Å². The zero-order valence-electron chi connectivity index (χ0n) is 11.0. The molecule has 0 aliphatic rings. The number of aromatic carboxylic acids is 1. The molecule has 0 bridgehead atoms. The number of carbonyl (C=O) groups is 1. The molecule has 102 valence electrons. The lowest BCUT2D eigenvalue weighted by Gasteiger charge is -1.99. The number of aromatic nitrogens is 3. The van der Waals surface area contributed by atoms with Gasteiger partial charge in [-0.1, -0.05) is 12.1 Å². The lowest BCUT2D eigenvalue weighted by Crippen LogP contribution is -2.04. The highest BCUT2D eigenvalue weighted by Crippen LogP contribution is 2.29. The van der Waals surface area contributed by atoms with E-state index in [1.54, 1.807) is 20.2 Å². The number of rotatable bonds is 3. The number of methoxy groups -OCH3 is 1. The Labute approximate surface area is 114 Å². The van der Waals surface area contributed by atoms with Gasteiger partial charge in [-0.25, -0.2) is 4.79 Å². The molecule has 3 rings (SSSR count). The zero-order chi connectivity index (χ0) is 14.3. The molecule has 0 unspecified atom stereocenters. The fourth-order valence-corrected chi connectivity index (χ4v) is 2.24. The van der Waals surface area contributed by atoms with Crippen LogP contribution in [0.25, 0.3) is 22.3 Å². The first kappa shape index (κ1) is 12.3. The van der Waals surface area contributed by atoms with Gasteiger partial charge in [0.15, 0.2) is 0 Å². The van der Waals surface area contributed by atoms with E-state index in [0.29, 0.717) is 5.69 Å². The van der Waals surface area contributed by atoms with E-state index in [1.165, 1.54) is 4.68 Å². The molecule has 2 N–H and O–H groups in total. The molecule has 0 fully saturated rings. The van der Waals surface area contributed by atoms with Crippen LogP contribution in [0.4, 0.5) is 0 Å². The van der Waals surface area contributed by atoms with Gasteiger partial charge < -0.3 is 14.8 Å². The average molecular weight is 271 g/mol. The minimum Gasteiger partial charge on any atom is -0.495 e. The van der Waals surface area contributed by atoms with Crippen molar-refractivity contribution in [3.05, 3.63) is 36.0 Å². The topological polar surface area (TPSA) is 80.1 Å². The summed E-state index contributed by atoms with van der Waals surface area (Å²) in [7, 11) is 3.22. The third-order valence-electron chi connectivity index (χ3n) is 3.21. The van der Waals surface area contributed by atoms with E-state index >= 15 is 0 Å². The molecule has 0 radical (unpaired) electrons. The Bertz CT molecular complexity index is 801. The smallest absolute Gasteiger partial charge is 0.354 e. The van der Waals surface area contributed by atoms with Crippen LogP contribution in [-0.4, -0.2) is 33.0 Å². The van der Waals surface area contributed by atoms with E-state index in [-0.39, 0.29) is 5.69 Å². The van der Waals surface area contributed by atoms with Gasteiger partial charge in [0.2, 0.25) is 0 Å². The standard InChI is InChI=1S/C14H13N3O3/c1-17-11(14(18)19)7-10(16-17)9-6-8-4-3-5-12(20-2)13(8)15-9/h3-7,15H,1-2H3,(H,18,19). The summed E-state index contributed by atoms with van der Waals surface area (Å²) in [6, 6.07) is 9.19. The second kappa shape index (κ2) is 4.41. The first-order valence-electron chi connectivity index (χ1n) is 6.03. The van der Waals surface area contributed by atoms with Crippen molar-refractivity contribution in [3.8, 4) is 17.1 Å². The van der Waals surface area contributed by atoms with Crippen molar-refractivity contribution in [3.63, 3.8) is 0 Å². The third kappa shape index (κ3) is 1.82. The third-order valence-corrected chi connectivity index (χ3v) is 3.21. The quantitative estimate of drug-likeness (QED) is 0.765. The van der Waals surface area contributed by atoms with Crippen molar-refractivity contribution < 1.29 is 14.6 Å². The number of aryl methyl sites for hydroxylation is 1. The number of hydrogen-bond acceptors (Lipinski definition) is 3. The molecule has 20 heavy (non-hydrogen) atoms. The fourth-order valence-electron chi connectivity index (χ4n) is 2.24. The number of hydrogen-bond donors (Lipinski definition) is 2. The number of nitrogens with zero attached hydrogens (tertiary/aromatic N) is 2. The number of benzene rings is 1. The number of carboxylic acid groups (broad SMARTS) is 1. The fraction of sp³-hybridized carbons (Fsp3) is 0.143. The molecule has 3 aromatic rings. The Balaban J connectivity index is 2.15. The van der Waals surface area contributed by atoms with Gasteiger partial charge in [0.25, 0.3) is 0 Å². The molecule has 6 nitrogen and oxygen atoms in total. The van der Waals surface area contributed by atoms with Crippen LogP contribution < -0.4 is 4.74 Å². The SMILES string of the molecule is COc1cccc2cc(-c3cc(C(=O)O)n(C)n3)[nH]c12. The predicted molar refractivity (Wildman–Crippen MR) is 74.0 cm³/mol. The molecule has 0 aliphatic heterocycles. The van der Waals surface area contributed by atoms with E-state index in [2.05, 4.69) is 10.1 Å². The van der Waals surface area contributed by atoms with Crippen LogP contribution in [0.2, 0.25) is 0 Å². The van der Waals surface area contributed by atoms with Gasteiger partial charge in [0.05, 0.1) is 18.3 Å². The number of aromatic amines is 1. The van der Waals surface area contributed by atoms with Crippen molar-refractivity contribution in [1.82, 2.24) is 14.8 Å². The summed E-state index contributed by atoms with van der Waals surface area (Å²) in [4.78, 5) is 14.3. The minimum atomic E-state index is -1.00. The van der Waals surface area contributed by atoms with Crippen molar-refractivity contribution in [2.45, 2.75) is 0 Å². The van der Waals surface area contributed by atoms with E-state index in [4.69, 9.17) is 9.84 Å². The number of para-hydroxylation sites is 1. The maximum absolute atomic E-state index is 11.0. The zero-order valence-corrected chi connectivity index (χ0v) is 11.0. The summed E-state index contributed by atoms with van der Waals surface area (Å²) in [5.74, 6) is -0.261. The maximum atomic E-state index is 11.0. The van der Waals surface area contributed by atoms with Gasteiger partial charge >= 0.3 is 5.97 Å². The molecule has 0 saturated heterocycles. The lowest BCUT2D eigenvalue weighted by molar-refractivity contribution is 0.0685. The van der Waals surface area contributed by atoms with Gasteiger partial charge in [-0.3, -0.25) is 4.68 Å². The highest BCUT2D eigenvalue weighted by atomic mass is 16.5. The molecule has 2 heterocycles. The summed E-state index contributed by atoms with van der Waals surface area (Å²) in [5.41, 5.74) is 2.36. The predicted octanol–water partition coefficient (Wildman–Crippen LogP) is 2.28. The molecule has 0 atom stereocenters. The summed E-state index contributed by atoms with van der Waals surface area (Å²) >= 11 is 0. The number of carboxylic acids is 1. The van der Waals surface area contributed by atoms with E-state index < -0.39 is 5.97 Å². The van der Waals surface area contributed by atoms with E-state index in [1.807, 2.05) is 24.3 Å². The van der Waals surface area contributed by atoms with Gasteiger partial charge in [-0.15, -0.1) is 0 Å². The molecule has 6 heteroatoms. The van der Waals surface area contributed by atoms with Crippen LogP contribution in [0.15, 0.2) is 30.3 Å². The van der Waals surface area contributed by atoms with E-state index in [0.717, 1.165) is 22.3 Å². The average Bonchev–Trinajstić information content (AvgIpc) is 3.01. The Morgan fingerprint density at radius 1 is 1.40 bits per heavy atom. The van der Waals surface area contributed by atoms with Crippen LogP contribution in [0.3, 0.4) is 0 Å². The van der Waals surface area contributed by atoms with Crippen LogP contribution in [0.5, 0.6) is 5.75 Å². The van der Waals surface area contributed by atoms with Gasteiger partial charge in [-0.05, 0) is 12.1 Å². The van der Waals surface area contributed by atoms with Crippen LogP contribution in [0, 0.1) is 0 Å². The molecule has 1 aromatic carbocycles. The van der Waals surface area contributed by atoms with Crippen LogP contribution in [-0.2, 0) is 7.05 Å². The molecular formula is C14H13N3O3. The molecule has 2 aromatic heterocycles. The Hall–Kier alpha value is -2.76. The van der Waals surface area contributed by atoms with Crippen LogP contribution in [0.1, 0.15) is 10.5 Å². The summed E-state index contributed by atoms with van der Waals surface area (Å²) in [6.45, 7) is 0. The number of nitrogens with one attached hydrogen (secondary N) is 1. The lowest BCUT2D eigenvalue weighted by atomic mass is 10.2. The van der Waals surface area contributed by atoms with Gasteiger partial charge in [0.1, 0.15) is 17.1 Å². The first-order valence-corrected chi connectivity index (χ1v) is 6.03. The van der Waals surface area contributed by atoms with Crippen molar-refractivity contribution in [1.29, 1.82) is 0 Å². The minimum absolute atomic E-state index is 0.144. The normalized spacial score (nSPS) is 10.9. The summed E-state index contributed by atoms with van der Waals surface area (Å²) in [6.07, 6.45) is 0. The molecule has 0 spiro atoms. The highest BCUT2D eigenvalue weighted by molar-refractivity contribution is 5.91. The molecule has 0 amide bonds. The molecule has 0 aliphatic carbocycles.